The Balaban J connectivity index is 1.52. The van der Waals surface area contributed by atoms with Gasteiger partial charge in [0.2, 0.25) is 0 Å². The minimum absolute atomic E-state index is 0.0164. The standard InChI is InChI=1S/C32H30F3N7/c1-20-15-39-31(40-16-20)28(22(3)29-41-18-25(19-42-29)32(33,34)35)26(30-36-12-7-13-37-30)14-21(2)27-11-10-24(17-38-27)23-8-5-4-6-9-23/h4-13,15-19,21-22,26,28H,14H2,1-3H3. The van der Waals surface area contributed by atoms with Crippen molar-refractivity contribution in [3.8, 4) is 11.1 Å². The Morgan fingerprint density at radius 2 is 1.29 bits per heavy atom. The van der Waals surface area contributed by atoms with Crippen LogP contribution in [0.4, 0.5) is 13.2 Å². The lowest BCUT2D eigenvalue weighted by Crippen LogP contribution is -2.24. The number of halogens is 3. The minimum Gasteiger partial charge on any atom is -0.260 e. The molecule has 0 aliphatic carbocycles. The van der Waals surface area contributed by atoms with Gasteiger partial charge in [-0.1, -0.05) is 50.2 Å². The van der Waals surface area contributed by atoms with Gasteiger partial charge in [-0.15, -0.1) is 0 Å². The van der Waals surface area contributed by atoms with Crippen LogP contribution >= 0.6 is 0 Å². The van der Waals surface area contributed by atoms with Crippen LogP contribution in [0, 0.1) is 6.92 Å². The highest BCUT2D eigenvalue weighted by atomic mass is 19.4. The van der Waals surface area contributed by atoms with E-state index >= 15 is 0 Å². The van der Waals surface area contributed by atoms with E-state index in [4.69, 9.17) is 4.98 Å². The largest absolute Gasteiger partial charge is 0.419 e. The van der Waals surface area contributed by atoms with Crippen LogP contribution in [-0.4, -0.2) is 34.9 Å². The fourth-order valence-corrected chi connectivity index (χ4v) is 5.12. The molecule has 10 heteroatoms. The van der Waals surface area contributed by atoms with Crippen LogP contribution in [0.15, 0.2) is 91.9 Å². The van der Waals surface area contributed by atoms with Gasteiger partial charge in [-0.25, -0.2) is 29.9 Å². The number of benzene rings is 1. The summed E-state index contributed by atoms with van der Waals surface area (Å²) in [4.78, 5) is 31.5. The number of alkyl halides is 3. The molecular weight excluding hydrogens is 539 g/mol. The number of aryl methyl sites for hydroxylation is 1. The Labute approximate surface area is 242 Å². The second-order valence-electron chi connectivity index (χ2n) is 10.4. The molecule has 4 atom stereocenters. The summed E-state index contributed by atoms with van der Waals surface area (Å²) in [5, 5.41) is 0. The van der Waals surface area contributed by atoms with E-state index < -0.39 is 23.6 Å². The maximum Gasteiger partial charge on any atom is 0.419 e. The first-order valence-electron chi connectivity index (χ1n) is 13.7. The van der Waals surface area contributed by atoms with Gasteiger partial charge < -0.3 is 0 Å². The van der Waals surface area contributed by atoms with Gasteiger partial charge in [0.1, 0.15) is 17.5 Å². The van der Waals surface area contributed by atoms with Gasteiger partial charge in [0.15, 0.2) is 0 Å². The second kappa shape index (κ2) is 12.5. The van der Waals surface area contributed by atoms with Crippen LogP contribution in [0.25, 0.3) is 11.1 Å². The first kappa shape index (κ1) is 28.9. The van der Waals surface area contributed by atoms with Crippen LogP contribution in [0.1, 0.15) is 78.2 Å². The second-order valence-corrected chi connectivity index (χ2v) is 10.4. The monoisotopic (exact) mass is 569 g/mol. The summed E-state index contributed by atoms with van der Waals surface area (Å²) in [6, 6.07) is 15.9. The molecule has 42 heavy (non-hydrogen) atoms. The summed E-state index contributed by atoms with van der Waals surface area (Å²) >= 11 is 0. The lowest BCUT2D eigenvalue weighted by Gasteiger charge is -2.31. The fraction of sp³-hybridized carbons (Fsp3) is 0.281. The Hall–Kier alpha value is -4.60. The minimum atomic E-state index is -4.53. The number of pyridine rings is 1. The van der Waals surface area contributed by atoms with Crippen LogP contribution in [0.5, 0.6) is 0 Å². The quantitative estimate of drug-likeness (QED) is 0.184. The van der Waals surface area contributed by atoms with Crippen molar-refractivity contribution in [3.05, 3.63) is 126 Å². The van der Waals surface area contributed by atoms with E-state index in [1.165, 1.54) is 0 Å². The van der Waals surface area contributed by atoms with Gasteiger partial charge >= 0.3 is 6.18 Å². The molecule has 5 rings (SSSR count). The molecular formula is C32H30F3N7. The summed E-state index contributed by atoms with van der Waals surface area (Å²) in [6.07, 6.45) is 6.38. The zero-order valence-electron chi connectivity index (χ0n) is 23.4. The van der Waals surface area contributed by atoms with Crippen LogP contribution in [-0.2, 0) is 6.18 Å². The molecule has 0 amide bonds. The topological polar surface area (TPSA) is 90.2 Å². The van der Waals surface area contributed by atoms with Crippen molar-refractivity contribution in [1.82, 2.24) is 34.9 Å². The van der Waals surface area contributed by atoms with Gasteiger partial charge in [-0.3, -0.25) is 4.98 Å². The zero-order chi connectivity index (χ0) is 29.7. The Morgan fingerprint density at radius 3 is 1.88 bits per heavy atom. The summed E-state index contributed by atoms with van der Waals surface area (Å²) in [5.74, 6) is 0.140. The average Bonchev–Trinajstić information content (AvgIpc) is 3.02. The molecule has 214 valence electrons. The molecule has 0 radical (unpaired) electrons. The van der Waals surface area contributed by atoms with Crippen molar-refractivity contribution < 1.29 is 13.2 Å². The van der Waals surface area contributed by atoms with E-state index in [9.17, 15) is 13.2 Å². The molecule has 4 aromatic heterocycles. The molecule has 4 unspecified atom stereocenters. The Bertz CT molecular complexity index is 1560. The van der Waals surface area contributed by atoms with Gasteiger partial charge in [-0.05, 0) is 42.5 Å². The molecule has 0 spiro atoms. The predicted molar refractivity (Wildman–Crippen MR) is 152 cm³/mol. The van der Waals surface area contributed by atoms with Gasteiger partial charge in [0.25, 0.3) is 0 Å². The number of aromatic nitrogens is 7. The van der Waals surface area contributed by atoms with Gasteiger partial charge in [0.05, 0.1) is 5.56 Å². The lowest BCUT2D eigenvalue weighted by molar-refractivity contribution is -0.138. The highest BCUT2D eigenvalue weighted by molar-refractivity contribution is 5.62. The Kier molecular flexibility index (Phi) is 8.61. The van der Waals surface area contributed by atoms with E-state index in [2.05, 4.69) is 42.9 Å². The Morgan fingerprint density at radius 1 is 0.643 bits per heavy atom. The van der Waals surface area contributed by atoms with Crippen LogP contribution in [0.2, 0.25) is 0 Å². The van der Waals surface area contributed by atoms with E-state index in [-0.39, 0.29) is 17.7 Å². The number of hydrogen-bond acceptors (Lipinski definition) is 7. The summed E-state index contributed by atoms with van der Waals surface area (Å²) < 4.78 is 39.7. The fourth-order valence-electron chi connectivity index (χ4n) is 5.12. The van der Waals surface area contributed by atoms with Crippen molar-refractivity contribution in [1.29, 1.82) is 0 Å². The van der Waals surface area contributed by atoms with Gasteiger partial charge in [-0.2, -0.15) is 13.2 Å². The van der Waals surface area contributed by atoms with Crippen molar-refractivity contribution in [3.63, 3.8) is 0 Å². The molecule has 0 bridgehead atoms. The van der Waals surface area contributed by atoms with Crippen molar-refractivity contribution >= 4 is 0 Å². The molecule has 0 aliphatic rings. The average molecular weight is 570 g/mol. The van der Waals surface area contributed by atoms with E-state index in [1.54, 1.807) is 30.9 Å². The first-order chi connectivity index (χ1) is 20.2. The number of hydrogen-bond donors (Lipinski definition) is 0. The van der Waals surface area contributed by atoms with Crippen molar-refractivity contribution in [2.75, 3.05) is 0 Å². The van der Waals surface area contributed by atoms with Gasteiger partial charge in [0, 0.05) is 72.4 Å². The molecule has 1 aromatic carbocycles. The normalized spacial score (nSPS) is 14.6. The third-order valence-electron chi connectivity index (χ3n) is 7.40. The third-order valence-corrected chi connectivity index (χ3v) is 7.40. The zero-order valence-corrected chi connectivity index (χ0v) is 23.4. The molecule has 7 nitrogen and oxygen atoms in total. The van der Waals surface area contributed by atoms with Crippen LogP contribution < -0.4 is 0 Å². The summed E-state index contributed by atoms with van der Waals surface area (Å²) in [7, 11) is 0. The highest BCUT2D eigenvalue weighted by Gasteiger charge is 2.38. The summed E-state index contributed by atoms with van der Waals surface area (Å²) in [6.45, 7) is 5.86. The SMILES string of the molecule is Cc1cnc(C(C(C)c2ncc(C(F)(F)F)cn2)C(CC(C)c2ccc(-c3ccccc3)cn2)c2ncccn2)nc1. The van der Waals surface area contributed by atoms with Crippen LogP contribution in [0.3, 0.4) is 0 Å². The van der Waals surface area contributed by atoms with E-state index in [0.29, 0.717) is 18.1 Å². The third kappa shape index (κ3) is 6.64. The lowest BCUT2D eigenvalue weighted by atomic mass is 9.75. The molecule has 0 N–H and O–H groups in total. The molecule has 4 heterocycles. The maximum atomic E-state index is 13.2. The molecule has 0 saturated carbocycles. The number of nitrogens with zero attached hydrogens (tertiary/aromatic N) is 7. The summed E-state index contributed by atoms with van der Waals surface area (Å²) in [5.41, 5.74) is 3.00. The highest BCUT2D eigenvalue weighted by Crippen LogP contribution is 2.44. The number of rotatable bonds is 9. The molecule has 0 aliphatic heterocycles. The van der Waals surface area contributed by atoms with E-state index in [0.717, 1.165) is 34.8 Å². The van der Waals surface area contributed by atoms with Crippen molar-refractivity contribution in [2.45, 2.75) is 57.0 Å². The van der Waals surface area contributed by atoms with Crippen molar-refractivity contribution in [2.24, 2.45) is 0 Å². The van der Waals surface area contributed by atoms with E-state index in [1.807, 2.05) is 56.4 Å². The maximum absolute atomic E-state index is 13.2. The predicted octanol–water partition coefficient (Wildman–Crippen LogP) is 7.31. The molecule has 0 saturated heterocycles. The molecule has 0 fully saturated rings. The first-order valence-corrected chi connectivity index (χ1v) is 13.7. The smallest absolute Gasteiger partial charge is 0.260 e. The molecule has 5 aromatic rings.